The Labute approximate surface area is 359 Å². The lowest BCUT2D eigenvalue weighted by Gasteiger charge is -2.28. The lowest BCUT2D eigenvalue weighted by atomic mass is 9.77. The average molecular weight is 823 g/mol. The summed E-state index contributed by atoms with van der Waals surface area (Å²) in [6.07, 6.45) is 0. The van der Waals surface area contributed by atoms with E-state index in [0.717, 1.165) is 5.56 Å². The molecule has 4 unspecified atom stereocenters. The minimum atomic E-state index is -0.903. The van der Waals surface area contributed by atoms with E-state index in [-0.39, 0.29) is 51.9 Å². The number of phenolic OH excluding ortho intramolecular Hbond substituents is 8. The quantitative estimate of drug-likeness (QED) is 0.0598. The standard InChI is InChI=1S/C54H46O8/c1-31-23-38(46(57)27-44(31)55)52(34-17-9-4-10-18-34)40-25-42(50(61)29-48(40)59)54(36-21-13-6-14-22-36)43-26-41(49(60)30-51(43)62)53(35-19-11-5-12-20-35)39-24-37(45(56)28-47(39)58)32(2)33-15-7-3-8-16-33/h3-30,32,52-62H,1-2H3. The molecule has 8 aromatic rings. The summed E-state index contributed by atoms with van der Waals surface area (Å²) in [6, 6.07) is 49.3. The minimum absolute atomic E-state index is 0.0858. The van der Waals surface area contributed by atoms with Crippen molar-refractivity contribution in [2.75, 3.05) is 0 Å². The van der Waals surface area contributed by atoms with Crippen LogP contribution in [0.3, 0.4) is 0 Å². The molecule has 0 aliphatic heterocycles. The molecule has 8 nitrogen and oxygen atoms in total. The van der Waals surface area contributed by atoms with Gasteiger partial charge in [0.2, 0.25) is 0 Å². The third-order valence-electron chi connectivity index (χ3n) is 11.9. The predicted octanol–water partition coefficient (Wildman–Crippen LogP) is 11.3. The maximum absolute atomic E-state index is 11.9. The molecule has 0 aliphatic carbocycles. The SMILES string of the molecule is Cc1cc(C(c2ccccc2)c2cc(C(c3ccccc3)c3cc(C(c4ccccc4)c4cc(C(C)c5ccccc5)c(O)cc4O)c(O)cc3O)c(O)cc2O)c(O)cc1O. The average Bonchev–Trinajstić information content (AvgIpc) is 3.27. The van der Waals surface area contributed by atoms with Gasteiger partial charge in [-0.1, -0.05) is 128 Å². The Morgan fingerprint density at radius 1 is 0.274 bits per heavy atom. The predicted molar refractivity (Wildman–Crippen MR) is 240 cm³/mol. The monoisotopic (exact) mass is 822 g/mol. The van der Waals surface area contributed by atoms with Gasteiger partial charge in [0, 0.05) is 86.9 Å². The van der Waals surface area contributed by atoms with Gasteiger partial charge in [-0.2, -0.15) is 0 Å². The first kappa shape index (κ1) is 40.9. The number of hydrogen-bond donors (Lipinski definition) is 8. The van der Waals surface area contributed by atoms with Crippen molar-refractivity contribution in [1.82, 2.24) is 0 Å². The molecule has 0 radical (unpaired) electrons. The highest BCUT2D eigenvalue weighted by molar-refractivity contribution is 5.65. The summed E-state index contributed by atoms with van der Waals surface area (Å²) in [6.45, 7) is 3.68. The Balaban J connectivity index is 1.36. The van der Waals surface area contributed by atoms with E-state index in [0.29, 0.717) is 61.2 Å². The maximum Gasteiger partial charge on any atom is 0.123 e. The van der Waals surface area contributed by atoms with E-state index in [1.54, 1.807) is 31.2 Å². The van der Waals surface area contributed by atoms with E-state index < -0.39 is 17.8 Å². The molecule has 0 amide bonds. The van der Waals surface area contributed by atoms with Crippen molar-refractivity contribution in [2.45, 2.75) is 37.5 Å². The molecule has 0 saturated heterocycles. The highest BCUT2D eigenvalue weighted by atomic mass is 16.3. The number of aryl methyl sites for hydroxylation is 1. The summed E-state index contributed by atoms with van der Waals surface area (Å²) in [7, 11) is 0. The van der Waals surface area contributed by atoms with E-state index in [2.05, 4.69) is 0 Å². The second-order valence-corrected chi connectivity index (χ2v) is 15.8. The third-order valence-corrected chi connectivity index (χ3v) is 11.9. The summed E-state index contributed by atoms with van der Waals surface area (Å²) in [5.41, 5.74) is 6.18. The zero-order chi connectivity index (χ0) is 43.7. The van der Waals surface area contributed by atoms with Gasteiger partial charge in [-0.15, -0.1) is 0 Å². The van der Waals surface area contributed by atoms with E-state index in [1.165, 1.54) is 24.3 Å². The van der Waals surface area contributed by atoms with Crippen LogP contribution in [-0.4, -0.2) is 40.9 Å². The lowest BCUT2D eigenvalue weighted by molar-refractivity contribution is 0.433. The van der Waals surface area contributed by atoms with Crippen LogP contribution >= 0.6 is 0 Å². The van der Waals surface area contributed by atoms with Crippen molar-refractivity contribution >= 4 is 0 Å². The van der Waals surface area contributed by atoms with Gasteiger partial charge in [0.1, 0.15) is 46.0 Å². The number of benzene rings is 8. The Bertz CT molecular complexity index is 2860. The Morgan fingerprint density at radius 3 is 0.839 bits per heavy atom. The fourth-order valence-corrected chi connectivity index (χ4v) is 8.71. The van der Waals surface area contributed by atoms with E-state index in [9.17, 15) is 40.9 Å². The summed E-state index contributed by atoms with van der Waals surface area (Å²) in [4.78, 5) is 0. The van der Waals surface area contributed by atoms with Crippen molar-refractivity contribution in [3.05, 3.63) is 237 Å². The van der Waals surface area contributed by atoms with Gasteiger partial charge in [-0.25, -0.2) is 0 Å². The van der Waals surface area contributed by atoms with Crippen LogP contribution in [0.4, 0.5) is 0 Å². The molecule has 0 aromatic heterocycles. The van der Waals surface area contributed by atoms with E-state index in [1.807, 2.05) is 128 Å². The molecule has 8 rings (SSSR count). The van der Waals surface area contributed by atoms with Gasteiger partial charge in [0.25, 0.3) is 0 Å². The van der Waals surface area contributed by atoms with Gasteiger partial charge in [0.05, 0.1) is 0 Å². The summed E-state index contributed by atoms with van der Waals surface area (Å²) >= 11 is 0. The molecule has 0 fully saturated rings. The first-order valence-corrected chi connectivity index (χ1v) is 20.3. The number of hydrogen-bond acceptors (Lipinski definition) is 8. The molecule has 62 heavy (non-hydrogen) atoms. The van der Waals surface area contributed by atoms with Crippen LogP contribution in [0, 0.1) is 6.92 Å². The second-order valence-electron chi connectivity index (χ2n) is 15.8. The molecule has 0 aliphatic rings. The Kier molecular flexibility index (Phi) is 11.2. The molecule has 0 bridgehead atoms. The molecule has 8 heteroatoms. The molecule has 8 N–H and O–H groups in total. The molecule has 8 aromatic carbocycles. The van der Waals surface area contributed by atoms with E-state index >= 15 is 0 Å². The Morgan fingerprint density at radius 2 is 0.516 bits per heavy atom. The van der Waals surface area contributed by atoms with Crippen LogP contribution < -0.4 is 0 Å². The second kappa shape index (κ2) is 17.0. The highest BCUT2D eigenvalue weighted by Crippen LogP contribution is 2.51. The van der Waals surface area contributed by atoms with E-state index in [4.69, 9.17) is 0 Å². The van der Waals surface area contributed by atoms with Crippen molar-refractivity contribution in [2.24, 2.45) is 0 Å². The number of aromatic hydroxyl groups is 8. The van der Waals surface area contributed by atoms with Gasteiger partial charge < -0.3 is 40.9 Å². The molecule has 310 valence electrons. The molecule has 0 saturated carbocycles. The largest absolute Gasteiger partial charge is 0.508 e. The molecular formula is C54H46O8. The molecule has 0 spiro atoms. The van der Waals surface area contributed by atoms with Crippen molar-refractivity contribution in [1.29, 1.82) is 0 Å². The Hall–Kier alpha value is -7.84. The summed E-state index contributed by atoms with van der Waals surface area (Å²) in [5, 5.41) is 91.9. The maximum atomic E-state index is 11.9. The van der Waals surface area contributed by atoms with Crippen molar-refractivity contribution < 1.29 is 40.9 Å². The topological polar surface area (TPSA) is 162 Å². The van der Waals surface area contributed by atoms with Crippen LogP contribution in [0.5, 0.6) is 46.0 Å². The van der Waals surface area contributed by atoms with Crippen molar-refractivity contribution in [3.63, 3.8) is 0 Å². The van der Waals surface area contributed by atoms with Crippen LogP contribution in [0.2, 0.25) is 0 Å². The lowest BCUT2D eigenvalue weighted by Crippen LogP contribution is -2.11. The fourth-order valence-electron chi connectivity index (χ4n) is 8.71. The van der Waals surface area contributed by atoms with Crippen LogP contribution in [0.25, 0.3) is 0 Å². The third kappa shape index (κ3) is 7.82. The smallest absolute Gasteiger partial charge is 0.123 e. The zero-order valence-corrected chi connectivity index (χ0v) is 34.1. The van der Waals surface area contributed by atoms with Gasteiger partial charge in [-0.3, -0.25) is 0 Å². The highest BCUT2D eigenvalue weighted by Gasteiger charge is 2.32. The summed E-state index contributed by atoms with van der Waals surface area (Å²) in [5.74, 6) is -4.39. The zero-order valence-electron chi connectivity index (χ0n) is 34.1. The van der Waals surface area contributed by atoms with Gasteiger partial charge in [0.15, 0.2) is 0 Å². The van der Waals surface area contributed by atoms with Gasteiger partial charge >= 0.3 is 0 Å². The first-order chi connectivity index (χ1) is 29.9. The van der Waals surface area contributed by atoms with Crippen LogP contribution in [0.1, 0.15) is 97.4 Å². The normalized spacial score (nSPS) is 13.3. The van der Waals surface area contributed by atoms with Crippen molar-refractivity contribution in [3.8, 4) is 46.0 Å². The van der Waals surface area contributed by atoms with Gasteiger partial charge in [-0.05, 0) is 59.0 Å². The fraction of sp³-hybridized carbons (Fsp3) is 0.111. The van der Waals surface area contributed by atoms with Crippen LogP contribution in [-0.2, 0) is 0 Å². The molecular weight excluding hydrogens is 777 g/mol. The molecule has 4 atom stereocenters. The number of rotatable bonds is 11. The van der Waals surface area contributed by atoms with Crippen LogP contribution in [0.15, 0.2) is 170 Å². The summed E-state index contributed by atoms with van der Waals surface area (Å²) < 4.78 is 0. The first-order valence-electron chi connectivity index (χ1n) is 20.3. The number of phenols is 8. The minimum Gasteiger partial charge on any atom is -0.508 e. The molecule has 0 heterocycles.